The molecule has 0 saturated heterocycles. The van der Waals surface area contributed by atoms with E-state index in [2.05, 4.69) is 20.8 Å². The summed E-state index contributed by atoms with van der Waals surface area (Å²) in [5, 5.41) is 14.0. The van der Waals surface area contributed by atoms with Gasteiger partial charge in [0.25, 0.3) is 5.91 Å². The maximum Gasteiger partial charge on any atom is 0.251 e. The normalized spacial score (nSPS) is 12.1. The minimum absolute atomic E-state index is 0.0386. The van der Waals surface area contributed by atoms with Gasteiger partial charge in [0.1, 0.15) is 11.9 Å². The first-order chi connectivity index (χ1) is 13.5. The molecule has 7 nitrogen and oxygen atoms in total. The van der Waals surface area contributed by atoms with Crippen molar-refractivity contribution in [2.75, 3.05) is 6.54 Å². The fraction of sp³-hybridized carbons (Fsp3) is 0.333. The van der Waals surface area contributed by atoms with Crippen molar-refractivity contribution in [2.24, 2.45) is 5.92 Å². The van der Waals surface area contributed by atoms with Crippen molar-refractivity contribution >= 4 is 17.5 Å². The Morgan fingerprint density at radius 1 is 1.07 bits per heavy atom. The average molecular weight is 379 g/mol. The Morgan fingerprint density at radius 3 is 2.54 bits per heavy atom. The molecular formula is C21H25N5O2. The number of carbonyl (C=O) groups excluding carboxylic acids is 2. The SMILES string of the molecule is Cc1ccc(C(=O)NC(C(=O)NCCc2nnc3ccccn23)C(C)C)cc1. The number of hydrogen-bond donors (Lipinski definition) is 2. The molecule has 7 heteroatoms. The van der Waals surface area contributed by atoms with E-state index in [0.717, 1.165) is 17.0 Å². The number of aryl methyl sites for hydroxylation is 1. The molecule has 0 spiro atoms. The van der Waals surface area contributed by atoms with Gasteiger partial charge in [0.05, 0.1) is 0 Å². The molecule has 2 amide bonds. The van der Waals surface area contributed by atoms with Crippen molar-refractivity contribution in [1.82, 2.24) is 25.2 Å². The van der Waals surface area contributed by atoms with E-state index in [9.17, 15) is 9.59 Å². The number of nitrogens with one attached hydrogen (secondary N) is 2. The van der Waals surface area contributed by atoms with Crippen molar-refractivity contribution in [1.29, 1.82) is 0 Å². The first-order valence-corrected chi connectivity index (χ1v) is 9.39. The van der Waals surface area contributed by atoms with E-state index in [4.69, 9.17) is 0 Å². The zero-order valence-electron chi connectivity index (χ0n) is 16.3. The standard InChI is InChI=1S/C21H25N5O2/c1-14(2)19(23-20(27)16-9-7-15(3)8-10-16)21(28)22-12-11-18-25-24-17-6-4-5-13-26(17)18/h4-10,13-14,19H,11-12H2,1-3H3,(H,22,28)(H,23,27). The second kappa shape index (κ2) is 8.65. The minimum Gasteiger partial charge on any atom is -0.354 e. The lowest BCUT2D eigenvalue weighted by molar-refractivity contribution is -0.123. The third-order valence-corrected chi connectivity index (χ3v) is 4.58. The molecule has 2 aromatic heterocycles. The zero-order valence-corrected chi connectivity index (χ0v) is 16.3. The Labute approximate surface area is 164 Å². The third-order valence-electron chi connectivity index (χ3n) is 4.58. The summed E-state index contributed by atoms with van der Waals surface area (Å²) < 4.78 is 1.89. The smallest absolute Gasteiger partial charge is 0.251 e. The third kappa shape index (κ3) is 4.54. The van der Waals surface area contributed by atoms with Crippen molar-refractivity contribution in [3.05, 3.63) is 65.6 Å². The number of aromatic nitrogens is 3. The number of pyridine rings is 1. The summed E-state index contributed by atoms with van der Waals surface area (Å²) in [7, 11) is 0. The van der Waals surface area contributed by atoms with Crippen molar-refractivity contribution < 1.29 is 9.59 Å². The molecule has 2 N–H and O–H groups in total. The van der Waals surface area contributed by atoms with Crippen LogP contribution in [0.15, 0.2) is 48.7 Å². The van der Waals surface area contributed by atoms with Gasteiger partial charge in [-0.15, -0.1) is 10.2 Å². The molecule has 28 heavy (non-hydrogen) atoms. The molecule has 3 aromatic rings. The number of rotatable bonds is 7. The first-order valence-electron chi connectivity index (χ1n) is 9.39. The lowest BCUT2D eigenvalue weighted by atomic mass is 10.0. The van der Waals surface area contributed by atoms with Crippen LogP contribution in [0.4, 0.5) is 0 Å². The van der Waals surface area contributed by atoms with Crippen LogP contribution in [-0.2, 0) is 11.2 Å². The molecule has 0 saturated carbocycles. The van der Waals surface area contributed by atoms with E-state index in [0.29, 0.717) is 18.5 Å². The number of carbonyl (C=O) groups is 2. The van der Waals surface area contributed by atoms with E-state index in [1.807, 2.05) is 61.7 Å². The van der Waals surface area contributed by atoms with Gasteiger partial charge in [0.2, 0.25) is 5.91 Å². The molecule has 1 atom stereocenters. The van der Waals surface area contributed by atoms with Crippen molar-refractivity contribution in [3.8, 4) is 0 Å². The fourth-order valence-corrected chi connectivity index (χ4v) is 2.93. The Hall–Kier alpha value is -3.22. The maximum atomic E-state index is 12.6. The lowest BCUT2D eigenvalue weighted by Crippen LogP contribution is -2.50. The highest BCUT2D eigenvalue weighted by atomic mass is 16.2. The topological polar surface area (TPSA) is 88.4 Å². The summed E-state index contributed by atoms with van der Waals surface area (Å²) in [6.07, 6.45) is 2.44. The van der Waals surface area contributed by atoms with Gasteiger partial charge in [0.15, 0.2) is 5.65 Å². The molecule has 0 aliphatic heterocycles. The van der Waals surface area contributed by atoms with Crippen LogP contribution in [0.25, 0.3) is 5.65 Å². The van der Waals surface area contributed by atoms with E-state index in [-0.39, 0.29) is 17.7 Å². The van der Waals surface area contributed by atoms with Crippen LogP contribution in [0.2, 0.25) is 0 Å². The number of amides is 2. The summed E-state index contributed by atoms with van der Waals surface area (Å²) in [6, 6.07) is 12.4. The highest BCUT2D eigenvalue weighted by molar-refractivity contribution is 5.97. The molecular weight excluding hydrogens is 354 g/mol. The number of nitrogens with zero attached hydrogens (tertiary/aromatic N) is 3. The summed E-state index contributed by atoms with van der Waals surface area (Å²) in [4.78, 5) is 25.1. The Kier molecular flexibility index (Phi) is 6.03. The van der Waals surface area contributed by atoms with Crippen LogP contribution >= 0.6 is 0 Å². The van der Waals surface area contributed by atoms with E-state index in [1.165, 1.54) is 0 Å². The predicted molar refractivity (Wildman–Crippen MR) is 107 cm³/mol. The van der Waals surface area contributed by atoms with Gasteiger partial charge < -0.3 is 10.6 Å². The van der Waals surface area contributed by atoms with Gasteiger partial charge in [-0.3, -0.25) is 14.0 Å². The molecule has 1 unspecified atom stereocenters. The molecule has 2 heterocycles. The molecule has 146 valence electrons. The van der Waals surface area contributed by atoms with Crippen LogP contribution in [0.1, 0.15) is 35.6 Å². The molecule has 0 aliphatic carbocycles. The monoisotopic (exact) mass is 379 g/mol. The first kappa shape index (κ1) is 19.5. The van der Waals surface area contributed by atoms with Crippen LogP contribution in [0.5, 0.6) is 0 Å². The van der Waals surface area contributed by atoms with Crippen molar-refractivity contribution in [2.45, 2.75) is 33.2 Å². The van der Waals surface area contributed by atoms with Crippen LogP contribution in [0, 0.1) is 12.8 Å². The van der Waals surface area contributed by atoms with Gasteiger partial charge in [0, 0.05) is 24.7 Å². The van der Waals surface area contributed by atoms with E-state index >= 15 is 0 Å². The second-order valence-corrected chi connectivity index (χ2v) is 7.15. The number of benzene rings is 1. The molecule has 0 radical (unpaired) electrons. The average Bonchev–Trinajstić information content (AvgIpc) is 3.09. The van der Waals surface area contributed by atoms with Crippen LogP contribution in [-0.4, -0.2) is 39.0 Å². The molecule has 3 rings (SSSR count). The Balaban J connectivity index is 1.58. The van der Waals surface area contributed by atoms with Crippen LogP contribution in [0.3, 0.4) is 0 Å². The molecule has 1 aromatic carbocycles. The minimum atomic E-state index is -0.607. The van der Waals surface area contributed by atoms with Crippen LogP contribution < -0.4 is 10.6 Å². The summed E-state index contributed by atoms with van der Waals surface area (Å²) in [6.45, 7) is 6.19. The second-order valence-electron chi connectivity index (χ2n) is 7.15. The van der Waals surface area contributed by atoms with Crippen molar-refractivity contribution in [3.63, 3.8) is 0 Å². The van der Waals surface area contributed by atoms with Gasteiger partial charge >= 0.3 is 0 Å². The van der Waals surface area contributed by atoms with Gasteiger partial charge in [-0.2, -0.15) is 0 Å². The Bertz CT molecular complexity index is 962. The lowest BCUT2D eigenvalue weighted by Gasteiger charge is -2.21. The van der Waals surface area contributed by atoms with Gasteiger partial charge in [-0.05, 0) is 37.1 Å². The predicted octanol–water partition coefficient (Wildman–Crippen LogP) is 2.15. The van der Waals surface area contributed by atoms with E-state index in [1.54, 1.807) is 12.1 Å². The van der Waals surface area contributed by atoms with E-state index < -0.39 is 6.04 Å². The quantitative estimate of drug-likeness (QED) is 0.658. The maximum absolute atomic E-state index is 12.6. The van der Waals surface area contributed by atoms with Gasteiger partial charge in [-0.1, -0.05) is 37.6 Å². The summed E-state index contributed by atoms with van der Waals surface area (Å²) >= 11 is 0. The molecule has 0 aliphatic rings. The number of fused-ring (bicyclic) bond motifs is 1. The van der Waals surface area contributed by atoms with Gasteiger partial charge in [-0.25, -0.2) is 0 Å². The molecule has 0 bridgehead atoms. The largest absolute Gasteiger partial charge is 0.354 e. The summed E-state index contributed by atoms with van der Waals surface area (Å²) in [5.74, 6) is 0.283. The number of hydrogen-bond acceptors (Lipinski definition) is 4. The fourth-order valence-electron chi connectivity index (χ4n) is 2.93. The highest BCUT2D eigenvalue weighted by Crippen LogP contribution is 2.07. The summed E-state index contributed by atoms with van der Waals surface area (Å²) in [5.41, 5.74) is 2.39. The zero-order chi connectivity index (χ0) is 20.1. The Morgan fingerprint density at radius 2 is 1.82 bits per heavy atom. The highest BCUT2D eigenvalue weighted by Gasteiger charge is 2.24. The molecule has 0 fully saturated rings.